The Labute approximate surface area is 152 Å². The van der Waals surface area contributed by atoms with Gasteiger partial charge in [-0.1, -0.05) is 37.8 Å². The first-order valence-corrected chi connectivity index (χ1v) is 9.25. The Morgan fingerprint density at radius 3 is 2.48 bits per heavy atom. The summed E-state index contributed by atoms with van der Waals surface area (Å²) in [7, 11) is 0. The summed E-state index contributed by atoms with van der Waals surface area (Å²) >= 11 is 1.85. The van der Waals surface area contributed by atoms with E-state index in [1.807, 2.05) is 42.1 Å². The quantitative estimate of drug-likeness (QED) is 0.697. The van der Waals surface area contributed by atoms with E-state index >= 15 is 0 Å². The molecule has 2 N–H and O–H groups in total. The first-order valence-electron chi connectivity index (χ1n) is 8.09. The zero-order valence-corrected chi connectivity index (χ0v) is 15.1. The van der Waals surface area contributed by atoms with E-state index in [1.165, 1.54) is 11.6 Å². The molecule has 130 valence electrons. The lowest BCUT2D eigenvalue weighted by Crippen LogP contribution is -2.14. The third-order valence-corrected chi connectivity index (χ3v) is 4.40. The van der Waals surface area contributed by atoms with Crippen LogP contribution in [0.2, 0.25) is 0 Å². The van der Waals surface area contributed by atoms with Crippen LogP contribution in [0.5, 0.6) is 0 Å². The van der Waals surface area contributed by atoms with Gasteiger partial charge in [0.25, 0.3) is 0 Å². The second-order valence-electron chi connectivity index (χ2n) is 5.45. The van der Waals surface area contributed by atoms with Crippen LogP contribution in [0.15, 0.2) is 61.2 Å². The first kappa shape index (κ1) is 18.8. The molecule has 5 heteroatoms. The molecule has 0 fully saturated rings. The van der Waals surface area contributed by atoms with Crippen LogP contribution in [0.25, 0.3) is 0 Å². The summed E-state index contributed by atoms with van der Waals surface area (Å²) in [4.78, 5) is 23.5. The van der Waals surface area contributed by atoms with Crippen LogP contribution < -0.4 is 10.6 Å². The van der Waals surface area contributed by atoms with Gasteiger partial charge in [-0.05, 0) is 47.2 Å². The molecule has 4 nitrogen and oxygen atoms in total. The molecule has 2 rings (SSSR count). The molecule has 0 atom stereocenters. The van der Waals surface area contributed by atoms with Crippen LogP contribution in [0.4, 0.5) is 11.4 Å². The van der Waals surface area contributed by atoms with E-state index in [4.69, 9.17) is 0 Å². The fourth-order valence-electron chi connectivity index (χ4n) is 2.25. The highest BCUT2D eigenvalue weighted by atomic mass is 32.2. The Bertz CT molecular complexity index is 742. The van der Waals surface area contributed by atoms with Crippen LogP contribution >= 0.6 is 11.8 Å². The third kappa shape index (κ3) is 6.47. The van der Waals surface area contributed by atoms with Crippen LogP contribution in [-0.4, -0.2) is 17.6 Å². The second kappa shape index (κ2) is 9.69. The number of hydrogen-bond acceptors (Lipinski definition) is 3. The monoisotopic (exact) mass is 354 g/mol. The molecule has 25 heavy (non-hydrogen) atoms. The molecule has 0 spiro atoms. The Hall–Kier alpha value is -2.53. The lowest BCUT2D eigenvalue weighted by Gasteiger charge is -2.08. The van der Waals surface area contributed by atoms with Gasteiger partial charge in [0.2, 0.25) is 11.8 Å². The van der Waals surface area contributed by atoms with Gasteiger partial charge >= 0.3 is 0 Å². The predicted molar refractivity (Wildman–Crippen MR) is 106 cm³/mol. The number of hydrogen-bond donors (Lipinski definition) is 2. The van der Waals surface area contributed by atoms with E-state index < -0.39 is 0 Å². The largest absolute Gasteiger partial charge is 0.326 e. The van der Waals surface area contributed by atoms with Crippen molar-refractivity contribution in [2.45, 2.75) is 19.1 Å². The van der Waals surface area contributed by atoms with Gasteiger partial charge in [-0.15, -0.1) is 0 Å². The van der Waals surface area contributed by atoms with Crippen LogP contribution in [0.1, 0.15) is 18.1 Å². The molecule has 2 amide bonds. The summed E-state index contributed by atoms with van der Waals surface area (Å²) < 4.78 is 0. The molecule has 0 bridgehead atoms. The molecule has 0 radical (unpaired) electrons. The minimum Gasteiger partial charge on any atom is -0.326 e. The summed E-state index contributed by atoms with van der Waals surface area (Å²) in [5.74, 6) is 1.69. The van der Waals surface area contributed by atoms with E-state index in [9.17, 15) is 9.59 Å². The van der Waals surface area contributed by atoms with Crippen molar-refractivity contribution in [2.24, 2.45) is 0 Å². The summed E-state index contributed by atoms with van der Waals surface area (Å²) in [6, 6.07) is 15.1. The maximum absolute atomic E-state index is 12.2. The number of nitrogens with one attached hydrogen (secondary N) is 2. The van der Waals surface area contributed by atoms with Crippen molar-refractivity contribution >= 4 is 35.0 Å². The number of carbonyl (C=O) groups is 2. The molecule has 0 saturated carbocycles. The van der Waals surface area contributed by atoms with Gasteiger partial charge in [-0.3, -0.25) is 9.59 Å². The van der Waals surface area contributed by atoms with Crippen molar-refractivity contribution in [2.75, 3.05) is 16.4 Å². The lowest BCUT2D eigenvalue weighted by atomic mass is 10.1. The Morgan fingerprint density at radius 1 is 1.04 bits per heavy atom. The SMILES string of the molecule is C=CC(=O)Nc1ccc(CC(=O)Nc2cccc(CSCC)c2)cc1. The van der Waals surface area contributed by atoms with Gasteiger partial charge in [0.15, 0.2) is 0 Å². The molecular weight excluding hydrogens is 332 g/mol. The van der Waals surface area contributed by atoms with E-state index in [0.29, 0.717) is 5.69 Å². The molecule has 0 aliphatic rings. The highest BCUT2D eigenvalue weighted by Crippen LogP contribution is 2.17. The molecule has 0 unspecified atom stereocenters. The lowest BCUT2D eigenvalue weighted by molar-refractivity contribution is -0.115. The molecule has 2 aromatic rings. The van der Waals surface area contributed by atoms with Crippen LogP contribution in [0, 0.1) is 0 Å². The highest BCUT2D eigenvalue weighted by Gasteiger charge is 2.05. The average Bonchev–Trinajstić information content (AvgIpc) is 2.61. The van der Waals surface area contributed by atoms with Crippen molar-refractivity contribution in [3.8, 4) is 0 Å². The molecule has 0 aliphatic carbocycles. The average molecular weight is 354 g/mol. The van der Waals surface area contributed by atoms with Crippen molar-refractivity contribution in [3.05, 3.63) is 72.3 Å². The number of benzene rings is 2. The number of rotatable bonds is 8. The Kier molecular flexibility index (Phi) is 7.29. The second-order valence-corrected chi connectivity index (χ2v) is 6.73. The number of carbonyl (C=O) groups excluding carboxylic acids is 2. The minimum atomic E-state index is -0.258. The zero-order valence-electron chi connectivity index (χ0n) is 14.2. The number of anilines is 2. The van der Waals surface area contributed by atoms with Crippen molar-refractivity contribution in [1.29, 1.82) is 0 Å². The fraction of sp³-hybridized carbons (Fsp3) is 0.200. The van der Waals surface area contributed by atoms with Crippen LogP contribution in [0.3, 0.4) is 0 Å². The van der Waals surface area contributed by atoms with E-state index in [0.717, 1.165) is 22.8 Å². The van der Waals surface area contributed by atoms with Gasteiger partial charge in [0.05, 0.1) is 6.42 Å². The molecule has 0 heterocycles. The number of amides is 2. The normalized spacial score (nSPS) is 10.1. The van der Waals surface area contributed by atoms with Gasteiger partial charge in [0.1, 0.15) is 0 Å². The summed E-state index contributed by atoms with van der Waals surface area (Å²) in [6.45, 7) is 5.54. The van der Waals surface area contributed by atoms with E-state index in [1.54, 1.807) is 12.1 Å². The molecule has 0 aromatic heterocycles. The van der Waals surface area contributed by atoms with Gasteiger partial charge in [-0.2, -0.15) is 11.8 Å². The highest BCUT2D eigenvalue weighted by molar-refractivity contribution is 7.98. The fourth-order valence-corrected chi connectivity index (χ4v) is 2.87. The molecular formula is C20H22N2O2S. The number of thioether (sulfide) groups is 1. The Balaban J connectivity index is 1.91. The topological polar surface area (TPSA) is 58.2 Å². The molecule has 2 aromatic carbocycles. The van der Waals surface area contributed by atoms with Gasteiger partial charge < -0.3 is 10.6 Å². The summed E-state index contributed by atoms with van der Waals surface area (Å²) in [6.07, 6.45) is 1.50. The zero-order chi connectivity index (χ0) is 18.1. The third-order valence-electron chi connectivity index (χ3n) is 3.46. The van der Waals surface area contributed by atoms with E-state index in [-0.39, 0.29) is 18.2 Å². The minimum absolute atomic E-state index is 0.0665. The maximum Gasteiger partial charge on any atom is 0.247 e. The van der Waals surface area contributed by atoms with Gasteiger partial charge in [-0.25, -0.2) is 0 Å². The van der Waals surface area contributed by atoms with Crippen molar-refractivity contribution in [1.82, 2.24) is 0 Å². The first-order chi connectivity index (χ1) is 12.1. The van der Waals surface area contributed by atoms with Crippen LogP contribution in [-0.2, 0) is 21.8 Å². The van der Waals surface area contributed by atoms with Gasteiger partial charge in [0, 0.05) is 17.1 Å². The predicted octanol–water partition coefficient (Wildman–Crippen LogP) is 4.25. The smallest absolute Gasteiger partial charge is 0.247 e. The standard InChI is InChI=1S/C20H22N2O2S/c1-3-19(23)21-17-10-8-15(9-11-17)13-20(24)22-18-7-5-6-16(12-18)14-25-4-2/h3,5-12H,1,4,13-14H2,2H3,(H,21,23)(H,22,24). The molecule has 0 saturated heterocycles. The maximum atomic E-state index is 12.2. The van der Waals surface area contributed by atoms with E-state index in [2.05, 4.69) is 30.2 Å². The van der Waals surface area contributed by atoms with Crippen molar-refractivity contribution in [3.63, 3.8) is 0 Å². The van der Waals surface area contributed by atoms with Crippen molar-refractivity contribution < 1.29 is 9.59 Å². The Morgan fingerprint density at radius 2 is 1.80 bits per heavy atom. The summed E-state index contributed by atoms with van der Waals surface area (Å²) in [5, 5.41) is 5.61. The molecule has 0 aliphatic heterocycles. The summed E-state index contributed by atoms with van der Waals surface area (Å²) in [5.41, 5.74) is 3.57.